The number of carbonyl (C=O) groups excluding carboxylic acids is 2. The highest BCUT2D eigenvalue weighted by Crippen LogP contribution is 2.15. The number of benzene rings is 2. The Labute approximate surface area is 167 Å². The van der Waals surface area contributed by atoms with E-state index in [-0.39, 0.29) is 25.0 Å². The number of rotatable bonds is 10. The summed E-state index contributed by atoms with van der Waals surface area (Å²) < 4.78 is 10.6. The van der Waals surface area contributed by atoms with Crippen LogP contribution in [0, 0.1) is 5.92 Å². The third kappa shape index (κ3) is 7.06. The second-order valence-electron chi connectivity index (χ2n) is 6.55. The Bertz CT molecular complexity index is 718. The number of hydrogen-bond donors (Lipinski definition) is 0. The highest BCUT2D eigenvalue weighted by atomic mass is 16.6. The summed E-state index contributed by atoms with van der Waals surface area (Å²) in [5.74, 6) is -0.655. The van der Waals surface area contributed by atoms with E-state index in [0.717, 1.165) is 17.5 Å². The second-order valence-corrected chi connectivity index (χ2v) is 6.55. The van der Waals surface area contributed by atoms with E-state index >= 15 is 0 Å². The molecule has 2 rings (SSSR count). The van der Waals surface area contributed by atoms with Crippen molar-refractivity contribution in [3.05, 3.63) is 71.8 Å². The van der Waals surface area contributed by atoms with Gasteiger partial charge in [-0.05, 0) is 37.8 Å². The molecule has 0 aromatic heterocycles. The number of amides is 1. The molecule has 0 aliphatic heterocycles. The number of carbonyl (C=O) groups is 2. The van der Waals surface area contributed by atoms with Crippen LogP contribution in [0.1, 0.15) is 31.4 Å². The zero-order chi connectivity index (χ0) is 20.2. The summed E-state index contributed by atoms with van der Waals surface area (Å²) in [5, 5.41) is 0. The molecule has 1 amide bonds. The van der Waals surface area contributed by atoms with Crippen LogP contribution < -0.4 is 0 Å². The predicted molar refractivity (Wildman–Crippen MR) is 109 cm³/mol. The zero-order valence-corrected chi connectivity index (χ0v) is 16.7. The van der Waals surface area contributed by atoms with Crippen LogP contribution in [0.25, 0.3) is 0 Å². The summed E-state index contributed by atoms with van der Waals surface area (Å²) in [6, 6.07) is 19.5. The molecule has 28 heavy (non-hydrogen) atoms. The maximum atomic E-state index is 12.5. The average Bonchev–Trinajstić information content (AvgIpc) is 2.74. The Morgan fingerprint density at radius 2 is 1.50 bits per heavy atom. The van der Waals surface area contributed by atoms with Crippen LogP contribution in [0.4, 0.5) is 4.79 Å². The molecule has 0 radical (unpaired) electrons. The van der Waals surface area contributed by atoms with Crippen LogP contribution in [-0.4, -0.2) is 36.7 Å². The van der Waals surface area contributed by atoms with Gasteiger partial charge in [0.25, 0.3) is 0 Å². The first-order valence-corrected chi connectivity index (χ1v) is 9.80. The van der Waals surface area contributed by atoms with E-state index in [9.17, 15) is 9.59 Å². The number of ether oxygens (including phenoxy) is 2. The molecule has 0 saturated carbocycles. The van der Waals surface area contributed by atoms with Gasteiger partial charge in [-0.3, -0.25) is 4.79 Å². The first kappa shape index (κ1) is 21.5. The van der Waals surface area contributed by atoms with Crippen LogP contribution in [0.3, 0.4) is 0 Å². The van der Waals surface area contributed by atoms with Crippen LogP contribution in [0.15, 0.2) is 60.7 Å². The molecule has 2 aromatic carbocycles. The fourth-order valence-corrected chi connectivity index (χ4v) is 2.94. The molecule has 0 spiro atoms. The van der Waals surface area contributed by atoms with Crippen LogP contribution in [0.5, 0.6) is 0 Å². The molecule has 2 aromatic rings. The summed E-state index contributed by atoms with van der Waals surface area (Å²) >= 11 is 0. The lowest BCUT2D eigenvalue weighted by Crippen LogP contribution is -2.38. The van der Waals surface area contributed by atoms with Gasteiger partial charge in [-0.15, -0.1) is 0 Å². The molecule has 1 atom stereocenters. The van der Waals surface area contributed by atoms with Gasteiger partial charge in [-0.25, -0.2) is 4.79 Å². The molecule has 0 aliphatic rings. The minimum atomic E-state index is -0.416. The highest BCUT2D eigenvalue weighted by molar-refractivity contribution is 5.74. The third-order valence-electron chi connectivity index (χ3n) is 4.53. The largest absolute Gasteiger partial charge is 0.466 e. The molecule has 0 aliphatic carbocycles. The number of esters is 1. The summed E-state index contributed by atoms with van der Waals surface area (Å²) in [7, 11) is 0. The average molecular weight is 383 g/mol. The van der Waals surface area contributed by atoms with E-state index in [4.69, 9.17) is 9.47 Å². The lowest BCUT2D eigenvalue weighted by molar-refractivity contribution is -0.148. The van der Waals surface area contributed by atoms with Gasteiger partial charge in [0.1, 0.15) is 6.61 Å². The maximum Gasteiger partial charge on any atom is 0.410 e. The first-order valence-electron chi connectivity index (χ1n) is 9.80. The van der Waals surface area contributed by atoms with Gasteiger partial charge in [0, 0.05) is 13.1 Å². The van der Waals surface area contributed by atoms with E-state index in [1.165, 1.54) is 0 Å². The summed E-state index contributed by atoms with van der Waals surface area (Å²) in [5.41, 5.74) is 2.09. The van der Waals surface area contributed by atoms with Gasteiger partial charge >= 0.3 is 12.1 Å². The molecule has 5 nitrogen and oxygen atoms in total. The van der Waals surface area contributed by atoms with Gasteiger partial charge in [0.05, 0.1) is 12.5 Å². The standard InChI is InChI=1S/C23H29NO4/c1-3-24(23(26)28-18-20-13-9-6-10-14-20)17-21(22(25)27-4-2)16-15-19-11-7-5-8-12-19/h5-14,21H,3-4,15-18H2,1-2H3. The summed E-state index contributed by atoms with van der Waals surface area (Å²) in [6.07, 6.45) is 0.951. The molecule has 1 unspecified atom stereocenters. The molecule has 0 bridgehead atoms. The van der Waals surface area contributed by atoms with Crippen LogP contribution >= 0.6 is 0 Å². The van der Waals surface area contributed by atoms with Crippen LogP contribution in [-0.2, 0) is 27.3 Å². The van der Waals surface area contributed by atoms with E-state index in [0.29, 0.717) is 19.6 Å². The monoisotopic (exact) mass is 383 g/mol. The van der Waals surface area contributed by atoms with Crippen molar-refractivity contribution in [1.29, 1.82) is 0 Å². The quantitative estimate of drug-likeness (QED) is 0.569. The Balaban J connectivity index is 1.96. The van der Waals surface area contributed by atoms with Gasteiger partial charge in [-0.1, -0.05) is 60.7 Å². The second kappa shape index (κ2) is 11.8. The number of hydrogen-bond acceptors (Lipinski definition) is 4. The van der Waals surface area contributed by atoms with E-state index in [2.05, 4.69) is 0 Å². The maximum absolute atomic E-state index is 12.5. The molecular weight excluding hydrogens is 354 g/mol. The van der Waals surface area contributed by atoms with Crippen molar-refractivity contribution in [3.63, 3.8) is 0 Å². The van der Waals surface area contributed by atoms with Crippen molar-refractivity contribution in [2.45, 2.75) is 33.3 Å². The normalized spacial score (nSPS) is 11.5. The Morgan fingerprint density at radius 1 is 0.893 bits per heavy atom. The Hall–Kier alpha value is -2.82. The van der Waals surface area contributed by atoms with E-state index in [1.807, 2.05) is 67.6 Å². The molecule has 0 heterocycles. The van der Waals surface area contributed by atoms with Crippen molar-refractivity contribution < 1.29 is 19.1 Å². The smallest absolute Gasteiger partial charge is 0.410 e. The minimum absolute atomic E-state index is 0.213. The minimum Gasteiger partial charge on any atom is -0.466 e. The fourth-order valence-electron chi connectivity index (χ4n) is 2.94. The molecule has 0 fully saturated rings. The SMILES string of the molecule is CCOC(=O)C(CCc1ccccc1)CN(CC)C(=O)OCc1ccccc1. The van der Waals surface area contributed by atoms with Gasteiger partial charge in [0.2, 0.25) is 0 Å². The zero-order valence-electron chi connectivity index (χ0n) is 16.7. The van der Waals surface area contributed by atoms with Crippen molar-refractivity contribution in [2.75, 3.05) is 19.7 Å². The van der Waals surface area contributed by atoms with E-state index < -0.39 is 6.09 Å². The van der Waals surface area contributed by atoms with Gasteiger partial charge in [0.15, 0.2) is 0 Å². The molecular formula is C23H29NO4. The van der Waals surface area contributed by atoms with Crippen molar-refractivity contribution >= 4 is 12.1 Å². The van der Waals surface area contributed by atoms with Gasteiger partial charge < -0.3 is 14.4 Å². The molecule has 5 heteroatoms. The lowest BCUT2D eigenvalue weighted by Gasteiger charge is -2.25. The summed E-state index contributed by atoms with van der Waals surface area (Å²) in [4.78, 5) is 26.5. The Morgan fingerprint density at radius 3 is 2.07 bits per heavy atom. The third-order valence-corrected chi connectivity index (χ3v) is 4.53. The highest BCUT2D eigenvalue weighted by Gasteiger charge is 2.25. The van der Waals surface area contributed by atoms with Crippen LogP contribution in [0.2, 0.25) is 0 Å². The van der Waals surface area contributed by atoms with E-state index in [1.54, 1.807) is 11.8 Å². The lowest BCUT2D eigenvalue weighted by atomic mass is 9.99. The molecule has 0 N–H and O–H groups in total. The predicted octanol–water partition coefficient (Wildman–Crippen LogP) is 4.46. The molecule has 0 saturated heterocycles. The van der Waals surface area contributed by atoms with Crippen molar-refractivity contribution in [1.82, 2.24) is 4.90 Å². The number of aryl methyl sites for hydroxylation is 1. The van der Waals surface area contributed by atoms with Crippen molar-refractivity contribution in [2.24, 2.45) is 5.92 Å². The van der Waals surface area contributed by atoms with Gasteiger partial charge in [-0.2, -0.15) is 0 Å². The number of nitrogens with zero attached hydrogens (tertiary/aromatic N) is 1. The first-order chi connectivity index (χ1) is 13.6. The molecule has 150 valence electrons. The Kier molecular flexibility index (Phi) is 9.05. The van der Waals surface area contributed by atoms with Crippen molar-refractivity contribution in [3.8, 4) is 0 Å². The summed E-state index contributed by atoms with van der Waals surface area (Å²) in [6.45, 7) is 4.96. The topological polar surface area (TPSA) is 55.8 Å². The fraction of sp³-hybridized carbons (Fsp3) is 0.391.